The van der Waals surface area contributed by atoms with Crippen LogP contribution < -0.4 is 4.74 Å². The van der Waals surface area contributed by atoms with E-state index in [2.05, 4.69) is 10.1 Å². The van der Waals surface area contributed by atoms with Crippen LogP contribution in [0.3, 0.4) is 0 Å². The third-order valence-corrected chi connectivity index (χ3v) is 6.69. The average molecular weight is 500 g/mol. The number of fused-ring (bicyclic) bond motifs is 1. The third kappa shape index (κ3) is 5.27. The van der Waals surface area contributed by atoms with Gasteiger partial charge in [0.1, 0.15) is 23.8 Å². The van der Waals surface area contributed by atoms with Gasteiger partial charge in [-0.15, -0.1) is 0 Å². The molecule has 5 rings (SSSR count). The molecule has 0 bridgehead atoms. The van der Waals surface area contributed by atoms with Gasteiger partial charge in [-0.2, -0.15) is 13.2 Å². The van der Waals surface area contributed by atoms with E-state index in [9.17, 15) is 18.3 Å². The molecule has 1 aliphatic heterocycles. The SMILES string of the molecule is Cc1cc(COc2ccc3c(c2)c(CN2CCC[C@H]2CO)cn3Cc2cccc(C(F)(F)F)c2)no1. The number of alkyl halides is 3. The van der Waals surface area contributed by atoms with E-state index in [4.69, 9.17) is 9.26 Å². The van der Waals surface area contributed by atoms with E-state index in [0.29, 0.717) is 35.9 Å². The predicted octanol–water partition coefficient (Wildman–Crippen LogP) is 5.54. The molecule has 0 aliphatic carbocycles. The highest BCUT2D eigenvalue weighted by atomic mass is 19.4. The summed E-state index contributed by atoms with van der Waals surface area (Å²) in [6, 6.07) is 13.1. The molecule has 0 saturated carbocycles. The van der Waals surface area contributed by atoms with Crippen molar-refractivity contribution in [2.45, 2.75) is 51.7 Å². The van der Waals surface area contributed by atoms with E-state index in [1.54, 1.807) is 6.07 Å². The lowest BCUT2D eigenvalue weighted by Crippen LogP contribution is -2.31. The monoisotopic (exact) mass is 499 g/mol. The summed E-state index contributed by atoms with van der Waals surface area (Å²) in [7, 11) is 0. The molecule has 1 N–H and O–H groups in total. The minimum atomic E-state index is -4.39. The number of likely N-dealkylation sites (tertiary alicyclic amines) is 1. The number of ether oxygens (including phenoxy) is 1. The fourth-order valence-electron chi connectivity index (χ4n) is 4.91. The molecule has 6 nitrogen and oxygen atoms in total. The van der Waals surface area contributed by atoms with E-state index in [0.717, 1.165) is 41.9 Å². The van der Waals surface area contributed by atoms with Crippen molar-refractivity contribution in [3.05, 3.63) is 82.9 Å². The molecule has 1 fully saturated rings. The first-order chi connectivity index (χ1) is 17.3. The Balaban J connectivity index is 1.46. The second-order valence-corrected chi connectivity index (χ2v) is 9.33. The minimum Gasteiger partial charge on any atom is -0.487 e. The molecular formula is C27H28F3N3O3. The van der Waals surface area contributed by atoms with Crippen molar-refractivity contribution < 1.29 is 27.5 Å². The zero-order chi connectivity index (χ0) is 25.3. The maximum absolute atomic E-state index is 13.2. The predicted molar refractivity (Wildman–Crippen MR) is 129 cm³/mol. The van der Waals surface area contributed by atoms with E-state index < -0.39 is 11.7 Å². The topological polar surface area (TPSA) is 63.7 Å². The highest BCUT2D eigenvalue weighted by Gasteiger charge is 2.30. The van der Waals surface area contributed by atoms with Gasteiger partial charge in [0.15, 0.2) is 0 Å². The standard InChI is InChI=1S/C27H28F3N3O3/c1-18-10-22(31-36-18)17-35-24-7-8-26-25(12-24)20(14-32-9-3-6-23(32)16-34)15-33(26)13-19-4-2-5-21(11-19)27(28,29)30/h2,4-5,7-8,10-12,15,23,34H,3,6,9,13-14,16-17H2,1H3/t23-/m0/s1. The molecule has 0 spiro atoms. The lowest BCUT2D eigenvalue weighted by molar-refractivity contribution is -0.137. The zero-order valence-electron chi connectivity index (χ0n) is 20.0. The van der Waals surface area contributed by atoms with Crippen LogP contribution in [0.1, 0.15) is 41.0 Å². The molecule has 3 heterocycles. The maximum atomic E-state index is 13.2. The van der Waals surface area contributed by atoms with Crippen molar-refractivity contribution in [2.24, 2.45) is 0 Å². The highest BCUT2D eigenvalue weighted by molar-refractivity contribution is 5.85. The van der Waals surface area contributed by atoms with Crippen LogP contribution in [0.15, 0.2) is 59.3 Å². The first-order valence-electron chi connectivity index (χ1n) is 12.0. The van der Waals surface area contributed by atoms with Gasteiger partial charge in [-0.25, -0.2) is 0 Å². The van der Waals surface area contributed by atoms with Crippen molar-refractivity contribution in [1.29, 1.82) is 0 Å². The van der Waals surface area contributed by atoms with Gasteiger partial charge in [-0.1, -0.05) is 17.3 Å². The molecule has 9 heteroatoms. The Kier molecular flexibility index (Phi) is 6.77. The lowest BCUT2D eigenvalue weighted by Gasteiger charge is -2.22. The molecule has 2 aromatic carbocycles. The molecule has 4 aromatic rings. The molecule has 1 atom stereocenters. The number of halogens is 3. The normalized spacial score (nSPS) is 16.8. The second-order valence-electron chi connectivity index (χ2n) is 9.33. The minimum absolute atomic E-state index is 0.106. The Morgan fingerprint density at radius 2 is 2.00 bits per heavy atom. The van der Waals surface area contributed by atoms with Crippen LogP contribution >= 0.6 is 0 Å². The molecule has 190 valence electrons. The first kappa shape index (κ1) is 24.4. The number of aliphatic hydroxyl groups excluding tert-OH is 1. The summed E-state index contributed by atoms with van der Waals surface area (Å²) in [6.07, 6.45) is -0.406. The van der Waals surface area contributed by atoms with Crippen LogP contribution in [-0.4, -0.2) is 38.9 Å². The maximum Gasteiger partial charge on any atom is 0.416 e. The van der Waals surface area contributed by atoms with Gasteiger partial charge in [-0.3, -0.25) is 4.90 Å². The quantitative estimate of drug-likeness (QED) is 0.345. The molecule has 0 unspecified atom stereocenters. The molecule has 36 heavy (non-hydrogen) atoms. The van der Waals surface area contributed by atoms with Crippen molar-refractivity contribution in [1.82, 2.24) is 14.6 Å². The Labute approximate surface area is 206 Å². The number of hydrogen-bond donors (Lipinski definition) is 1. The average Bonchev–Trinajstić information content (AvgIpc) is 3.57. The fourth-order valence-corrected chi connectivity index (χ4v) is 4.91. The van der Waals surface area contributed by atoms with Crippen LogP contribution in [0.4, 0.5) is 13.2 Å². The van der Waals surface area contributed by atoms with E-state index >= 15 is 0 Å². The molecular weight excluding hydrogens is 471 g/mol. The van der Waals surface area contributed by atoms with Gasteiger partial charge in [0.05, 0.1) is 12.2 Å². The number of hydrogen-bond acceptors (Lipinski definition) is 5. The third-order valence-electron chi connectivity index (χ3n) is 6.69. The number of aromatic nitrogens is 2. The summed E-state index contributed by atoms with van der Waals surface area (Å²) >= 11 is 0. The van der Waals surface area contributed by atoms with Crippen molar-refractivity contribution in [2.75, 3.05) is 13.2 Å². The van der Waals surface area contributed by atoms with E-state index in [-0.39, 0.29) is 19.3 Å². The summed E-state index contributed by atoms with van der Waals surface area (Å²) in [5.41, 5.74) is 2.56. The summed E-state index contributed by atoms with van der Waals surface area (Å²) in [6.45, 7) is 4.04. The van der Waals surface area contributed by atoms with Crippen LogP contribution in [-0.2, 0) is 25.9 Å². The van der Waals surface area contributed by atoms with Gasteiger partial charge in [0, 0.05) is 42.3 Å². The summed E-state index contributed by atoms with van der Waals surface area (Å²) in [5, 5.41) is 14.7. The van der Waals surface area contributed by atoms with Gasteiger partial charge in [0.2, 0.25) is 0 Å². The summed E-state index contributed by atoms with van der Waals surface area (Å²) in [5.74, 6) is 1.38. The molecule has 2 aromatic heterocycles. The van der Waals surface area contributed by atoms with Gasteiger partial charge in [0.25, 0.3) is 0 Å². The zero-order valence-corrected chi connectivity index (χ0v) is 20.0. The smallest absolute Gasteiger partial charge is 0.416 e. The Hall–Kier alpha value is -3.30. The van der Waals surface area contributed by atoms with Crippen LogP contribution in [0.2, 0.25) is 0 Å². The second kappa shape index (κ2) is 9.99. The molecule has 0 amide bonds. The number of rotatable bonds is 8. The largest absolute Gasteiger partial charge is 0.487 e. The number of benzene rings is 2. The van der Waals surface area contributed by atoms with E-state index in [1.165, 1.54) is 12.1 Å². The van der Waals surface area contributed by atoms with Crippen LogP contribution in [0.25, 0.3) is 10.9 Å². The summed E-state index contributed by atoms with van der Waals surface area (Å²) < 4.78 is 52.8. The van der Waals surface area contributed by atoms with Crippen molar-refractivity contribution in [3.63, 3.8) is 0 Å². The molecule has 1 saturated heterocycles. The van der Waals surface area contributed by atoms with Gasteiger partial charge < -0.3 is 18.9 Å². The number of nitrogens with zero attached hydrogens (tertiary/aromatic N) is 3. The summed E-state index contributed by atoms with van der Waals surface area (Å²) in [4.78, 5) is 2.26. The Bertz CT molecular complexity index is 1350. The van der Waals surface area contributed by atoms with Crippen LogP contribution in [0, 0.1) is 6.92 Å². The first-order valence-corrected chi connectivity index (χ1v) is 12.0. The highest BCUT2D eigenvalue weighted by Crippen LogP contribution is 2.32. The van der Waals surface area contributed by atoms with Crippen molar-refractivity contribution >= 4 is 10.9 Å². The van der Waals surface area contributed by atoms with Gasteiger partial charge in [-0.05, 0) is 67.8 Å². The number of aryl methyl sites for hydroxylation is 1. The van der Waals surface area contributed by atoms with Crippen molar-refractivity contribution in [3.8, 4) is 5.75 Å². The lowest BCUT2D eigenvalue weighted by atomic mass is 10.1. The van der Waals surface area contributed by atoms with Gasteiger partial charge >= 0.3 is 6.18 Å². The Morgan fingerprint density at radius 1 is 1.14 bits per heavy atom. The van der Waals surface area contributed by atoms with Crippen LogP contribution in [0.5, 0.6) is 5.75 Å². The fraction of sp³-hybridized carbons (Fsp3) is 0.370. The van der Waals surface area contributed by atoms with E-state index in [1.807, 2.05) is 42.0 Å². The molecule has 0 radical (unpaired) electrons. The Morgan fingerprint density at radius 3 is 2.75 bits per heavy atom. The number of aliphatic hydroxyl groups is 1. The molecule has 1 aliphatic rings.